The maximum atomic E-state index is 12.3. The zero-order valence-electron chi connectivity index (χ0n) is 19.1. The Hall–Kier alpha value is -2.10. The number of carbonyl (C=O) groups excluding carboxylic acids is 1. The zero-order valence-corrected chi connectivity index (χ0v) is 19.1. The van der Waals surface area contributed by atoms with Gasteiger partial charge in [-0.15, -0.1) is 0 Å². The first kappa shape index (κ1) is 23.2. The fourth-order valence-corrected chi connectivity index (χ4v) is 3.66. The van der Waals surface area contributed by atoms with Crippen molar-refractivity contribution in [1.29, 1.82) is 0 Å². The first-order valence-corrected chi connectivity index (χ1v) is 11.2. The summed E-state index contributed by atoms with van der Waals surface area (Å²) in [5, 5.41) is 3.13. The molecule has 0 fully saturated rings. The first-order valence-electron chi connectivity index (χ1n) is 11.2. The summed E-state index contributed by atoms with van der Waals surface area (Å²) in [6, 6.07) is 10.4. The Kier molecular flexibility index (Phi) is 8.94. The summed E-state index contributed by atoms with van der Waals surface area (Å²) in [6.07, 6.45) is 7.69. The largest absolute Gasteiger partial charge is 0.356 e. The molecule has 0 aliphatic carbocycles. The van der Waals surface area contributed by atoms with Crippen molar-refractivity contribution in [3.8, 4) is 11.4 Å². The minimum Gasteiger partial charge on any atom is -0.356 e. The normalized spacial score (nSPS) is 11.6. The molecule has 2 aromatic rings. The summed E-state index contributed by atoms with van der Waals surface area (Å²) in [4.78, 5) is 17.1. The predicted octanol–water partition coefficient (Wildman–Crippen LogP) is 6.06. The highest BCUT2D eigenvalue weighted by Crippen LogP contribution is 2.24. The third-order valence-corrected chi connectivity index (χ3v) is 5.85. The number of rotatable bonds is 12. The maximum Gasteiger partial charge on any atom is 0.225 e. The minimum absolute atomic E-state index is 0.197. The van der Waals surface area contributed by atoms with Crippen LogP contribution in [-0.2, 0) is 11.3 Å². The fraction of sp³-hybridized carbons (Fsp3) is 0.600. The van der Waals surface area contributed by atoms with E-state index in [2.05, 4.69) is 68.8 Å². The highest BCUT2D eigenvalue weighted by atomic mass is 16.2. The summed E-state index contributed by atoms with van der Waals surface area (Å²) in [7, 11) is 0. The number of nitrogens with one attached hydrogen (secondary N) is 1. The summed E-state index contributed by atoms with van der Waals surface area (Å²) in [5.41, 5.74) is 3.29. The predicted molar refractivity (Wildman–Crippen MR) is 122 cm³/mol. The number of aryl methyl sites for hydroxylation is 1. The average molecular weight is 398 g/mol. The smallest absolute Gasteiger partial charge is 0.225 e. The molecule has 0 saturated heterocycles. The van der Waals surface area contributed by atoms with Gasteiger partial charge in [-0.25, -0.2) is 4.98 Å². The standard InChI is InChI=1S/C25H39N3O/c1-6-7-17-25(4,5)24(29)26-18-13-8-9-14-19-28-21(3)20(2)27-23(28)22-15-11-10-12-16-22/h10-12,15-16H,6-9,13-14,17-19H2,1-5H3,(H,26,29). The lowest BCUT2D eigenvalue weighted by atomic mass is 9.86. The van der Waals surface area contributed by atoms with E-state index in [1.807, 2.05) is 6.07 Å². The molecule has 1 amide bonds. The van der Waals surface area contributed by atoms with Crippen LogP contribution < -0.4 is 5.32 Å². The highest BCUT2D eigenvalue weighted by Gasteiger charge is 2.26. The topological polar surface area (TPSA) is 46.9 Å². The van der Waals surface area contributed by atoms with E-state index in [0.717, 1.165) is 63.1 Å². The van der Waals surface area contributed by atoms with Crippen molar-refractivity contribution in [3.63, 3.8) is 0 Å². The molecule has 0 unspecified atom stereocenters. The van der Waals surface area contributed by atoms with Crippen molar-refractivity contribution < 1.29 is 4.79 Å². The van der Waals surface area contributed by atoms with E-state index in [-0.39, 0.29) is 11.3 Å². The van der Waals surface area contributed by atoms with Gasteiger partial charge in [-0.3, -0.25) is 4.79 Å². The van der Waals surface area contributed by atoms with E-state index < -0.39 is 0 Å². The van der Waals surface area contributed by atoms with Crippen molar-refractivity contribution >= 4 is 5.91 Å². The van der Waals surface area contributed by atoms with E-state index in [1.54, 1.807) is 0 Å². The van der Waals surface area contributed by atoms with E-state index in [0.29, 0.717) is 0 Å². The van der Waals surface area contributed by atoms with E-state index in [9.17, 15) is 4.79 Å². The Balaban J connectivity index is 1.73. The zero-order chi connectivity index (χ0) is 21.3. The molecule has 0 aliphatic rings. The van der Waals surface area contributed by atoms with Gasteiger partial charge in [0.05, 0.1) is 5.69 Å². The lowest BCUT2D eigenvalue weighted by molar-refractivity contribution is -0.129. The molecule has 0 aliphatic heterocycles. The van der Waals surface area contributed by atoms with Crippen molar-refractivity contribution in [3.05, 3.63) is 41.7 Å². The summed E-state index contributed by atoms with van der Waals surface area (Å²) < 4.78 is 2.35. The van der Waals surface area contributed by atoms with Gasteiger partial charge in [0.2, 0.25) is 5.91 Å². The Morgan fingerprint density at radius 2 is 1.72 bits per heavy atom. The summed E-state index contributed by atoms with van der Waals surface area (Å²) in [5.74, 6) is 1.27. The molecule has 160 valence electrons. The second-order valence-corrected chi connectivity index (χ2v) is 8.78. The number of benzene rings is 1. The molecule has 1 aromatic carbocycles. The molecule has 4 heteroatoms. The number of aromatic nitrogens is 2. The number of hydrogen-bond acceptors (Lipinski definition) is 2. The SMILES string of the molecule is CCCCC(C)(C)C(=O)NCCCCCCn1c(-c2ccccc2)nc(C)c1C. The lowest BCUT2D eigenvalue weighted by Crippen LogP contribution is -2.37. The third kappa shape index (κ3) is 6.73. The number of carbonyl (C=O) groups is 1. The van der Waals surface area contributed by atoms with Gasteiger partial charge in [0.25, 0.3) is 0 Å². The number of nitrogens with zero attached hydrogens (tertiary/aromatic N) is 2. The van der Waals surface area contributed by atoms with E-state index in [1.165, 1.54) is 17.7 Å². The molecule has 4 nitrogen and oxygen atoms in total. The molecule has 0 spiro atoms. The van der Waals surface area contributed by atoms with Gasteiger partial charge in [-0.05, 0) is 33.1 Å². The summed E-state index contributed by atoms with van der Waals surface area (Å²) in [6.45, 7) is 12.3. The minimum atomic E-state index is -0.249. The summed E-state index contributed by atoms with van der Waals surface area (Å²) >= 11 is 0. The Bertz CT molecular complexity index is 762. The number of hydrogen-bond donors (Lipinski definition) is 1. The molecule has 1 heterocycles. The van der Waals surface area contributed by atoms with Crippen LogP contribution in [0, 0.1) is 19.3 Å². The Morgan fingerprint density at radius 1 is 1.03 bits per heavy atom. The molecule has 0 atom stereocenters. The van der Waals surface area contributed by atoms with Gasteiger partial charge < -0.3 is 9.88 Å². The van der Waals surface area contributed by atoms with Crippen molar-refractivity contribution in [2.75, 3.05) is 6.54 Å². The van der Waals surface area contributed by atoms with Crippen LogP contribution in [0.2, 0.25) is 0 Å². The van der Waals surface area contributed by atoms with Crippen LogP contribution in [0.3, 0.4) is 0 Å². The van der Waals surface area contributed by atoms with Crippen LogP contribution in [0.4, 0.5) is 0 Å². The fourth-order valence-electron chi connectivity index (χ4n) is 3.66. The van der Waals surface area contributed by atoms with E-state index in [4.69, 9.17) is 4.98 Å². The van der Waals surface area contributed by atoms with Crippen LogP contribution in [0.1, 0.15) is 77.1 Å². The molecule has 2 rings (SSSR count). The molecule has 29 heavy (non-hydrogen) atoms. The molecule has 0 saturated carbocycles. The van der Waals surface area contributed by atoms with Gasteiger partial charge >= 0.3 is 0 Å². The molecule has 1 aromatic heterocycles. The Labute approximate surface area is 177 Å². The van der Waals surface area contributed by atoms with Crippen molar-refractivity contribution in [2.45, 2.75) is 86.1 Å². The van der Waals surface area contributed by atoms with Crippen LogP contribution in [0.25, 0.3) is 11.4 Å². The molecule has 0 bridgehead atoms. The van der Waals surface area contributed by atoms with Gasteiger partial charge in [-0.1, -0.05) is 76.8 Å². The average Bonchev–Trinajstić information content (AvgIpc) is 3.00. The lowest BCUT2D eigenvalue weighted by Gasteiger charge is -2.23. The van der Waals surface area contributed by atoms with Crippen LogP contribution in [0.5, 0.6) is 0 Å². The highest BCUT2D eigenvalue weighted by molar-refractivity contribution is 5.81. The maximum absolute atomic E-state index is 12.3. The van der Waals surface area contributed by atoms with Crippen LogP contribution in [-0.4, -0.2) is 22.0 Å². The quantitative estimate of drug-likeness (QED) is 0.442. The third-order valence-electron chi connectivity index (χ3n) is 5.85. The first-order chi connectivity index (χ1) is 13.9. The van der Waals surface area contributed by atoms with Crippen LogP contribution in [0.15, 0.2) is 30.3 Å². The molecular formula is C25H39N3O. The second-order valence-electron chi connectivity index (χ2n) is 8.78. The van der Waals surface area contributed by atoms with Gasteiger partial charge in [0.1, 0.15) is 5.82 Å². The Morgan fingerprint density at radius 3 is 2.41 bits per heavy atom. The van der Waals surface area contributed by atoms with Gasteiger partial charge in [0, 0.05) is 29.8 Å². The number of amides is 1. The molecule has 0 radical (unpaired) electrons. The molecule has 1 N–H and O–H groups in total. The van der Waals surface area contributed by atoms with Gasteiger partial charge in [0.15, 0.2) is 0 Å². The van der Waals surface area contributed by atoms with Crippen molar-refractivity contribution in [1.82, 2.24) is 14.9 Å². The number of imidazole rings is 1. The number of unbranched alkanes of at least 4 members (excludes halogenated alkanes) is 4. The van der Waals surface area contributed by atoms with Crippen molar-refractivity contribution in [2.24, 2.45) is 5.41 Å². The van der Waals surface area contributed by atoms with Crippen LogP contribution >= 0.6 is 0 Å². The second kappa shape index (κ2) is 11.2. The monoisotopic (exact) mass is 397 g/mol. The van der Waals surface area contributed by atoms with Gasteiger partial charge in [-0.2, -0.15) is 0 Å². The molecular weight excluding hydrogens is 358 g/mol. The van der Waals surface area contributed by atoms with E-state index >= 15 is 0 Å².